The molecule has 3 rings (SSSR count). The first-order valence-electron chi connectivity index (χ1n) is 8.42. The molecular weight excluding hydrogens is 320 g/mol. The lowest BCUT2D eigenvalue weighted by Gasteiger charge is -2.35. The highest BCUT2D eigenvalue weighted by Gasteiger charge is 2.33. The Morgan fingerprint density at radius 3 is 2.68 bits per heavy atom. The van der Waals surface area contributed by atoms with Gasteiger partial charge in [0.25, 0.3) is 5.56 Å². The van der Waals surface area contributed by atoms with Crippen molar-refractivity contribution in [3.63, 3.8) is 0 Å². The number of hydrogen-bond donors (Lipinski definition) is 3. The lowest BCUT2D eigenvalue weighted by molar-refractivity contribution is -0.121. The van der Waals surface area contributed by atoms with E-state index in [9.17, 15) is 9.59 Å². The number of aromatic nitrogens is 4. The Kier molecular flexibility index (Phi) is 4.61. The van der Waals surface area contributed by atoms with Gasteiger partial charge >= 0.3 is 0 Å². The normalized spacial score (nSPS) is 19.4. The fourth-order valence-electron chi connectivity index (χ4n) is 3.14. The van der Waals surface area contributed by atoms with Crippen molar-refractivity contribution >= 4 is 11.9 Å². The van der Waals surface area contributed by atoms with Gasteiger partial charge in [0, 0.05) is 43.4 Å². The summed E-state index contributed by atoms with van der Waals surface area (Å²) in [7, 11) is 3.68. The first kappa shape index (κ1) is 17.2. The molecule has 0 unspecified atom stereocenters. The summed E-state index contributed by atoms with van der Waals surface area (Å²) in [6.07, 6.45) is 1.94. The van der Waals surface area contributed by atoms with Crippen LogP contribution < -0.4 is 15.8 Å². The zero-order chi connectivity index (χ0) is 18.1. The lowest BCUT2D eigenvalue weighted by atomic mass is 9.78. The minimum atomic E-state index is -0.146. The molecule has 25 heavy (non-hydrogen) atoms. The standard InChI is InChI=1S/C17H24N6O2/c1-9-13(10(2)22-21-9)7-15(24)18-12-5-11(6-12)14-8-16(25)20-17(19-14)23(3)4/h8,11-12H,5-7H2,1-4H3,(H,18,24)(H,21,22)(H,19,20,25). The Bertz CT molecular complexity index is 812. The number of aromatic amines is 2. The second-order valence-electron chi connectivity index (χ2n) is 6.91. The van der Waals surface area contributed by atoms with Crippen LogP contribution in [0.2, 0.25) is 0 Å². The van der Waals surface area contributed by atoms with E-state index in [0.29, 0.717) is 12.4 Å². The van der Waals surface area contributed by atoms with E-state index in [0.717, 1.165) is 35.5 Å². The summed E-state index contributed by atoms with van der Waals surface area (Å²) in [5, 5.41) is 10.1. The van der Waals surface area contributed by atoms with Gasteiger partial charge < -0.3 is 10.2 Å². The minimum Gasteiger partial charge on any atom is -0.353 e. The topological polar surface area (TPSA) is 107 Å². The first-order valence-corrected chi connectivity index (χ1v) is 8.42. The van der Waals surface area contributed by atoms with Gasteiger partial charge in [-0.25, -0.2) is 4.98 Å². The maximum Gasteiger partial charge on any atom is 0.252 e. The van der Waals surface area contributed by atoms with Crippen LogP contribution in [0.15, 0.2) is 10.9 Å². The van der Waals surface area contributed by atoms with Crippen molar-refractivity contribution in [2.75, 3.05) is 19.0 Å². The fraction of sp³-hybridized carbons (Fsp3) is 0.529. The number of anilines is 1. The van der Waals surface area contributed by atoms with Gasteiger partial charge in [-0.1, -0.05) is 0 Å². The second-order valence-corrected chi connectivity index (χ2v) is 6.91. The Labute approximate surface area is 146 Å². The zero-order valence-corrected chi connectivity index (χ0v) is 15.0. The molecule has 134 valence electrons. The molecular formula is C17H24N6O2. The molecule has 1 aliphatic carbocycles. The van der Waals surface area contributed by atoms with Crippen LogP contribution >= 0.6 is 0 Å². The van der Waals surface area contributed by atoms with E-state index >= 15 is 0 Å². The molecule has 2 heterocycles. The molecule has 0 radical (unpaired) electrons. The second kappa shape index (κ2) is 6.70. The SMILES string of the molecule is Cc1n[nH]c(C)c1CC(=O)NC1CC(c2cc(=O)[nH]c(N(C)C)n2)C1. The summed E-state index contributed by atoms with van der Waals surface area (Å²) < 4.78 is 0. The number of H-pyrrole nitrogens is 2. The molecule has 1 amide bonds. The van der Waals surface area contributed by atoms with Crippen LogP contribution in [0.4, 0.5) is 5.95 Å². The predicted octanol–water partition coefficient (Wildman–Crippen LogP) is 0.781. The molecule has 2 aromatic rings. The monoisotopic (exact) mass is 344 g/mol. The zero-order valence-electron chi connectivity index (χ0n) is 15.0. The van der Waals surface area contributed by atoms with E-state index < -0.39 is 0 Å². The Balaban J connectivity index is 1.56. The first-order chi connectivity index (χ1) is 11.8. The van der Waals surface area contributed by atoms with Gasteiger partial charge in [0.05, 0.1) is 17.8 Å². The van der Waals surface area contributed by atoms with Crippen LogP contribution in [0.1, 0.15) is 41.4 Å². The summed E-state index contributed by atoms with van der Waals surface area (Å²) in [6.45, 7) is 3.81. The Morgan fingerprint density at radius 2 is 2.08 bits per heavy atom. The molecule has 0 atom stereocenters. The smallest absolute Gasteiger partial charge is 0.252 e. The van der Waals surface area contributed by atoms with Crippen molar-refractivity contribution in [1.82, 2.24) is 25.5 Å². The van der Waals surface area contributed by atoms with E-state index in [1.54, 1.807) is 11.0 Å². The van der Waals surface area contributed by atoms with Crippen molar-refractivity contribution in [2.45, 2.75) is 45.1 Å². The number of carbonyl (C=O) groups excluding carboxylic acids is 1. The van der Waals surface area contributed by atoms with Crippen molar-refractivity contribution < 1.29 is 4.79 Å². The number of aryl methyl sites for hydroxylation is 2. The van der Waals surface area contributed by atoms with Crippen LogP contribution in [-0.2, 0) is 11.2 Å². The Morgan fingerprint density at radius 1 is 1.36 bits per heavy atom. The maximum absolute atomic E-state index is 12.2. The molecule has 8 heteroatoms. The van der Waals surface area contributed by atoms with Crippen LogP contribution in [-0.4, -0.2) is 46.2 Å². The van der Waals surface area contributed by atoms with Crippen LogP contribution in [0.5, 0.6) is 0 Å². The van der Waals surface area contributed by atoms with E-state index in [4.69, 9.17) is 0 Å². The number of carbonyl (C=O) groups is 1. The van der Waals surface area contributed by atoms with Gasteiger partial charge in [0.1, 0.15) is 0 Å². The van der Waals surface area contributed by atoms with Gasteiger partial charge in [-0.15, -0.1) is 0 Å². The third-order valence-electron chi connectivity index (χ3n) is 4.71. The van der Waals surface area contributed by atoms with Crippen molar-refractivity contribution in [2.24, 2.45) is 0 Å². The predicted molar refractivity (Wildman–Crippen MR) is 94.9 cm³/mol. The number of hydrogen-bond acceptors (Lipinski definition) is 5. The molecule has 2 aromatic heterocycles. The quantitative estimate of drug-likeness (QED) is 0.743. The minimum absolute atomic E-state index is 0.00361. The molecule has 1 aliphatic rings. The van der Waals surface area contributed by atoms with Gasteiger partial charge in [0.2, 0.25) is 11.9 Å². The number of rotatable bonds is 5. The molecule has 0 aromatic carbocycles. The summed E-state index contributed by atoms with van der Waals surface area (Å²) in [6, 6.07) is 1.68. The number of amides is 1. The maximum atomic E-state index is 12.2. The van der Waals surface area contributed by atoms with E-state index in [-0.39, 0.29) is 23.4 Å². The highest BCUT2D eigenvalue weighted by molar-refractivity contribution is 5.79. The highest BCUT2D eigenvalue weighted by Crippen LogP contribution is 2.35. The van der Waals surface area contributed by atoms with Gasteiger partial charge in [-0.2, -0.15) is 5.10 Å². The lowest BCUT2D eigenvalue weighted by Crippen LogP contribution is -2.44. The van der Waals surface area contributed by atoms with Crippen LogP contribution in [0.3, 0.4) is 0 Å². The van der Waals surface area contributed by atoms with E-state index in [2.05, 4.69) is 25.5 Å². The fourth-order valence-corrected chi connectivity index (χ4v) is 3.14. The molecule has 3 N–H and O–H groups in total. The Hall–Kier alpha value is -2.64. The van der Waals surface area contributed by atoms with Crippen molar-refractivity contribution in [3.05, 3.63) is 39.1 Å². The third kappa shape index (κ3) is 3.72. The average Bonchev–Trinajstić information content (AvgIpc) is 2.81. The van der Waals surface area contributed by atoms with Crippen LogP contribution in [0, 0.1) is 13.8 Å². The molecule has 0 saturated heterocycles. The largest absolute Gasteiger partial charge is 0.353 e. The van der Waals surface area contributed by atoms with Crippen molar-refractivity contribution in [3.8, 4) is 0 Å². The highest BCUT2D eigenvalue weighted by atomic mass is 16.1. The molecule has 1 fully saturated rings. The summed E-state index contributed by atoms with van der Waals surface area (Å²) in [5.74, 6) is 0.772. The summed E-state index contributed by atoms with van der Waals surface area (Å²) in [4.78, 5) is 33.0. The number of nitrogens with zero attached hydrogens (tertiary/aromatic N) is 3. The molecule has 0 bridgehead atoms. The van der Waals surface area contributed by atoms with Gasteiger partial charge in [-0.05, 0) is 26.7 Å². The molecule has 0 aliphatic heterocycles. The van der Waals surface area contributed by atoms with E-state index in [1.807, 2.05) is 27.9 Å². The van der Waals surface area contributed by atoms with E-state index in [1.165, 1.54) is 0 Å². The van der Waals surface area contributed by atoms with Gasteiger partial charge in [0.15, 0.2) is 0 Å². The third-order valence-corrected chi connectivity index (χ3v) is 4.71. The molecule has 1 saturated carbocycles. The average molecular weight is 344 g/mol. The summed E-state index contributed by atoms with van der Waals surface area (Å²) in [5.41, 5.74) is 3.40. The van der Waals surface area contributed by atoms with Gasteiger partial charge in [-0.3, -0.25) is 19.7 Å². The number of nitrogens with one attached hydrogen (secondary N) is 3. The van der Waals surface area contributed by atoms with Crippen molar-refractivity contribution in [1.29, 1.82) is 0 Å². The van der Waals surface area contributed by atoms with Crippen LogP contribution in [0.25, 0.3) is 0 Å². The molecule has 8 nitrogen and oxygen atoms in total. The summed E-state index contributed by atoms with van der Waals surface area (Å²) >= 11 is 0. The molecule has 0 spiro atoms.